The van der Waals surface area contributed by atoms with Crippen LogP contribution in [-0.4, -0.2) is 19.6 Å². The van der Waals surface area contributed by atoms with E-state index in [2.05, 4.69) is 15.9 Å². The highest BCUT2D eigenvalue weighted by Crippen LogP contribution is 2.56. The lowest BCUT2D eigenvalue weighted by Crippen LogP contribution is -2.33. The van der Waals surface area contributed by atoms with Crippen molar-refractivity contribution < 1.29 is 19.1 Å². The van der Waals surface area contributed by atoms with E-state index in [0.29, 0.717) is 5.92 Å². The molecule has 0 aromatic rings. The van der Waals surface area contributed by atoms with Crippen molar-refractivity contribution in [1.82, 2.24) is 0 Å². The molecule has 17 heavy (non-hydrogen) atoms. The number of hydrogen-bond acceptors (Lipinski definition) is 2. The highest BCUT2D eigenvalue weighted by Gasteiger charge is 2.48. The van der Waals surface area contributed by atoms with Gasteiger partial charge >= 0.3 is 7.60 Å². The first-order valence-electron chi connectivity index (χ1n) is 5.95. The first-order chi connectivity index (χ1) is 7.66. The Morgan fingerprint density at radius 3 is 2.35 bits per heavy atom. The summed E-state index contributed by atoms with van der Waals surface area (Å²) in [6, 6.07) is 0. The molecule has 100 valence electrons. The van der Waals surface area contributed by atoms with Gasteiger partial charge in [-0.1, -0.05) is 48.5 Å². The molecule has 2 unspecified atom stereocenters. The Bertz CT molecular complexity index is 330. The van der Waals surface area contributed by atoms with Gasteiger partial charge in [0.25, 0.3) is 0 Å². The lowest BCUT2D eigenvalue weighted by atomic mass is 9.90. The lowest BCUT2D eigenvalue weighted by molar-refractivity contribution is -0.123. The van der Waals surface area contributed by atoms with Crippen molar-refractivity contribution in [3.8, 4) is 0 Å². The minimum absolute atomic E-state index is 0.310. The largest absolute Gasteiger partial charge is 0.349 e. The van der Waals surface area contributed by atoms with Crippen molar-refractivity contribution in [2.75, 3.05) is 0 Å². The maximum atomic E-state index is 12.1. The molecule has 0 aromatic heterocycles. The molecule has 0 aliphatic heterocycles. The van der Waals surface area contributed by atoms with Crippen molar-refractivity contribution in [3.63, 3.8) is 0 Å². The molecule has 0 saturated heterocycles. The number of carbonyl (C=O) groups is 1. The van der Waals surface area contributed by atoms with Gasteiger partial charge in [-0.15, -0.1) is 0 Å². The van der Waals surface area contributed by atoms with Crippen LogP contribution >= 0.6 is 23.5 Å². The van der Waals surface area contributed by atoms with Gasteiger partial charge in [-0.05, 0) is 19.3 Å². The smallest absolute Gasteiger partial charge is 0.323 e. The Balaban J connectivity index is 2.65. The van der Waals surface area contributed by atoms with Gasteiger partial charge in [-0.25, -0.2) is 0 Å². The van der Waals surface area contributed by atoms with E-state index in [1.54, 1.807) is 6.92 Å². The molecule has 6 heteroatoms. The zero-order valence-electron chi connectivity index (χ0n) is 10.2. The summed E-state index contributed by atoms with van der Waals surface area (Å²) in [5, 5.41) is 0. The minimum Gasteiger partial charge on any atom is -0.323 e. The van der Waals surface area contributed by atoms with Crippen molar-refractivity contribution in [2.45, 2.75) is 50.0 Å². The number of Topliss-reactive ketones (excluding diaryl/α,β-unsaturated/α-hetero) is 1. The molecular weight excluding hydrogens is 307 g/mol. The van der Waals surface area contributed by atoms with E-state index in [0.717, 1.165) is 19.3 Å². The zero-order chi connectivity index (χ0) is 13.3. The van der Waals surface area contributed by atoms with Crippen LogP contribution in [0.3, 0.4) is 0 Å². The summed E-state index contributed by atoms with van der Waals surface area (Å²) < 4.78 is 9.52. The zero-order valence-corrected chi connectivity index (χ0v) is 12.7. The molecule has 0 bridgehead atoms. The molecule has 0 amide bonds. The first kappa shape index (κ1) is 15.4. The Morgan fingerprint density at radius 1 is 1.47 bits per heavy atom. The van der Waals surface area contributed by atoms with E-state index in [-0.39, 0.29) is 5.92 Å². The Hall–Kier alpha value is 0.300. The number of ketones is 1. The second-order valence-corrected chi connectivity index (χ2v) is 9.33. The fraction of sp³-hybridized carbons (Fsp3) is 0.909. The van der Waals surface area contributed by atoms with Gasteiger partial charge in [0.15, 0.2) is 9.85 Å². The van der Waals surface area contributed by atoms with E-state index in [9.17, 15) is 9.36 Å². The van der Waals surface area contributed by atoms with E-state index in [1.165, 1.54) is 19.8 Å². The topological polar surface area (TPSA) is 74.6 Å². The molecule has 0 heterocycles. The first-order valence-corrected chi connectivity index (χ1v) is 8.35. The van der Waals surface area contributed by atoms with E-state index in [1.807, 2.05) is 0 Å². The molecule has 0 radical (unpaired) electrons. The summed E-state index contributed by atoms with van der Waals surface area (Å²) in [6.45, 7) is 3.02. The maximum absolute atomic E-state index is 12.1. The second kappa shape index (κ2) is 5.52. The third-order valence-electron chi connectivity index (χ3n) is 3.61. The number of alkyl halides is 1. The maximum Gasteiger partial charge on any atom is 0.349 e. The fourth-order valence-corrected chi connectivity index (χ4v) is 3.34. The van der Waals surface area contributed by atoms with Gasteiger partial charge in [-0.3, -0.25) is 9.36 Å². The fourth-order valence-electron chi connectivity index (χ4n) is 2.45. The van der Waals surface area contributed by atoms with E-state index in [4.69, 9.17) is 9.79 Å². The number of rotatable bonds is 5. The monoisotopic (exact) mass is 326 g/mol. The summed E-state index contributed by atoms with van der Waals surface area (Å²) in [5.74, 6) is -0.165. The van der Waals surface area contributed by atoms with Gasteiger partial charge in [0, 0.05) is 5.92 Å². The average Bonchev–Trinajstić information content (AvgIpc) is 2.67. The molecule has 0 aromatic carbocycles. The Labute approximate surface area is 110 Å². The van der Waals surface area contributed by atoms with Gasteiger partial charge in [0.1, 0.15) is 0 Å². The summed E-state index contributed by atoms with van der Waals surface area (Å²) in [4.78, 5) is 30.4. The second-order valence-electron chi connectivity index (χ2n) is 5.15. The predicted octanol–water partition coefficient (Wildman–Crippen LogP) is 3.06. The third-order valence-corrected chi connectivity index (χ3v) is 6.70. The van der Waals surface area contributed by atoms with Gasteiger partial charge < -0.3 is 9.79 Å². The standard InChI is InChI=1S/C11H20BrO4P/c1-8(7-9-5-3-4-6-9)10(13)11(2,12)17(14,15)16/h8-9H,3-7H2,1-2H3,(H2,14,15,16). The normalized spacial score (nSPS) is 23.4. The van der Waals surface area contributed by atoms with Crippen LogP contribution in [0.25, 0.3) is 0 Å². The van der Waals surface area contributed by atoms with Crippen LogP contribution in [0.2, 0.25) is 0 Å². The van der Waals surface area contributed by atoms with Crippen molar-refractivity contribution in [3.05, 3.63) is 0 Å². The van der Waals surface area contributed by atoms with Crippen molar-refractivity contribution >= 4 is 29.3 Å². The van der Waals surface area contributed by atoms with Gasteiger partial charge in [0.2, 0.25) is 0 Å². The number of carbonyl (C=O) groups excluding carboxylic acids is 1. The van der Waals surface area contributed by atoms with E-state index >= 15 is 0 Å². The summed E-state index contributed by atoms with van der Waals surface area (Å²) in [7, 11) is -4.46. The number of hydrogen-bond donors (Lipinski definition) is 2. The van der Waals surface area contributed by atoms with Gasteiger partial charge in [-0.2, -0.15) is 0 Å². The molecule has 0 spiro atoms. The Kier molecular flexibility index (Phi) is 4.98. The minimum atomic E-state index is -4.46. The highest BCUT2D eigenvalue weighted by atomic mass is 79.9. The summed E-state index contributed by atoms with van der Waals surface area (Å²) in [5.41, 5.74) is 0. The van der Waals surface area contributed by atoms with Crippen LogP contribution in [0.15, 0.2) is 0 Å². The van der Waals surface area contributed by atoms with Crippen LogP contribution in [0.1, 0.15) is 46.0 Å². The highest BCUT2D eigenvalue weighted by molar-refractivity contribution is 9.11. The lowest BCUT2D eigenvalue weighted by Gasteiger charge is -2.26. The quantitative estimate of drug-likeness (QED) is 0.601. The third kappa shape index (κ3) is 3.63. The molecule has 1 saturated carbocycles. The molecule has 1 aliphatic carbocycles. The van der Waals surface area contributed by atoms with Crippen LogP contribution in [0.5, 0.6) is 0 Å². The van der Waals surface area contributed by atoms with Crippen molar-refractivity contribution in [2.24, 2.45) is 11.8 Å². The van der Waals surface area contributed by atoms with Crippen LogP contribution < -0.4 is 0 Å². The number of halogens is 1. The molecule has 2 N–H and O–H groups in total. The molecule has 1 rings (SSSR count). The van der Waals surface area contributed by atoms with Crippen LogP contribution in [0, 0.1) is 11.8 Å². The average molecular weight is 327 g/mol. The van der Waals surface area contributed by atoms with Crippen LogP contribution in [0.4, 0.5) is 0 Å². The molecule has 1 fully saturated rings. The molecule has 2 atom stereocenters. The van der Waals surface area contributed by atoms with Crippen molar-refractivity contribution in [1.29, 1.82) is 0 Å². The SMILES string of the molecule is CC(CC1CCCC1)C(=O)C(C)(Br)P(=O)(O)O. The summed E-state index contributed by atoms with van der Waals surface area (Å²) >= 11 is 2.91. The Morgan fingerprint density at radius 2 is 1.94 bits per heavy atom. The molecular formula is C11H20BrO4P. The van der Waals surface area contributed by atoms with E-state index < -0.39 is 17.4 Å². The van der Waals surface area contributed by atoms with Crippen LogP contribution in [-0.2, 0) is 9.36 Å². The van der Waals surface area contributed by atoms with Gasteiger partial charge in [0.05, 0.1) is 0 Å². The molecule has 1 aliphatic rings. The molecule has 4 nitrogen and oxygen atoms in total. The predicted molar refractivity (Wildman–Crippen MR) is 70.1 cm³/mol. The summed E-state index contributed by atoms with van der Waals surface area (Å²) in [6.07, 6.45) is 5.41.